The standard InChI is InChI=1S/C23H27FN4O7S/c1-2-26(23(30)27-13-15-34-16-14-27)11-12-28(17-22(29)25-31)36(32,33)21-9-7-20(8-10-21)35-19-5-3-18(24)4-6-19/h2-10,31H,1,11-17H2,(H,25,29). The number of rotatable bonds is 10. The monoisotopic (exact) mass is 522 g/mol. The predicted molar refractivity (Wildman–Crippen MR) is 126 cm³/mol. The SMILES string of the molecule is C=CN(CCN(CC(=O)NO)S(=O)(=O)c1ccc(Oc2ccc(F)cc2)cc1)C(=O)N1CCOCC1. The second kappa shape index (κ2) is 12.4. The van der Waals surface area contributed by atoms with Crippen molar-refractivity contribution in [2.45, 2.75) is 4.90 Å². The summed E-state index contributed by atoms with van der Waals surface area (Å²) >= 11 is 0. The zero-order valence-electron chi connectivity index (χ0n) is 19.4. The van der Waals surface area contributed by atoms with Crippen LogP contribution < -0.4 is 10.2 Å². The van der Waals surface area contributed by atoms with Crippen molar-refractivity contribution in [2.75, 3.05) is 45.9 Å². The summed E-state index contributed by atoms with van der Waals surface area (Å²) in [7, 11) is -4.21. The molecule has 0 atom stereocenters. The minimum absolute atomic E-state index is 0.0800. The van der Waals surface area contributed by atoms with E-state index in [9.17, 15) is 22.4 Å². The Kier molecular flexibility index (Phi) is 9.36. The van der Waals surface area contributed by atoms with Crippen molar-refractivity contribution in [3.63, 3.8) is 0 Å². The number of nitrogens with zero attached hydrogens (tertiary/aromatic N) is 3. The molecular weight excluding hydrogens is 495 g/mol. The predicted octanol–water partition coefficient (Wildman–Crippen LogP) is 2.01. The quantitative estimate of drug-likeness (QED) is 0.361. The number of sulfonamides is 1. The Morgan fingerprint density at radius 3 is 2.22 bits per heavy atom. The number of hydrogen-bond donors (Lipinski definition) is 2. The maximum absolute atomic E-state index is 13.3. The molecule has 0 saturated carbocycles. The van der Waals surface area contributed by atoms with Gasteiger partial charge in [-0.15, -0.1) is 0 Å². The Labute approximate surface area is 208 Å². The van der Waals surface area contributed by atoms with Gasteiger partial charge in [-0.05, 0) is 48.5 Å². The smallest absolute Gasteiger partial charge is 0.324 e. The molecular formula is C23H27FN4O7S. The number of halogens is 1. The van der Waals surface area contributed by atoms with Gasteiger partial charge in [-0.2, -0.15) is 4.31 Å². The molecule has 2 aromatic carbocycles. The molecule has 13 heteroatoms. The number of hydrogen-bond acceptors (Lipinski definition) is 7. The first-order chi connectivity index (χ1) is 17.2. The summed E-state index contributed by atoms with van der Waals surface area (Å²) in [6, 6.07) is 10.4. The fourth-order valence-electron chi connectivity index (χ4n) is 3.37. The number of nitrogens with one attached hydrogen (secondary N) is 1. The fraction of sp³-hybridized carbons (Fsp3) is 0.304. The summed E-state index contributed by atoms with van der Waals surface area (Å²) < 4.78 is 51.3. The molecule has 36 heavy (non-hydrogen) atoms. The minimum Gasteiger partial charge on any atom is -0.457 e. The topological polar surface area (TPSA) is 129 Å². The van der Waals surface area contributed by atoms with Crippen LogP contribution in [0.15, 0.2) is 66.2 Å². The van der Waals surface area contributed by atoms with Crippen molar-refractivity contribution in [1.29, 1.82) is 0 Å². The van der Waals surface area contributed by atoms with Crippen molar-refractivity contribution < 1.29 is 37.1 Å². The Balaban J connectivity index is 1.73. The van der Waals surface area contributed by atoms with E-state index in [4.69, 9.17) is 14.7 Å². The van der Waals surface area contributed by atoms with Gasteiger partial charge < -0.3 is 19.3 Å². The van der Waals surface area contributed by atoms with Crippen molar-refractivity contribution in [2.24, 2.45) is 0 Å². The molecule has 194 valence electrons. The molecule has 2 aromatic rings. The third-order valence-corrected chi connectivity index (χ3v) is 7.15. The second-order valence-electron chi connectivity index (χ2n) is 7.66. The van der Waals surface area contributed by atoms with Crippen LogP contribution in [0.3, 0.4) is 0 Å². The van der Waals surface area contributed by atoms with Crippen molar-refractivity contribution in [3.8, 4) is 11.5 Å². The highest BCUT2D eigenvalue weighted by molar-refractivity contribution is 7.89. The van der Waals surface area contributed by atoms with Crippen LogP contribution in [0.4, 0.5) is 9.18 Å². The number of benzene rings is 2. The molecule has 0 spiro atoms. The second-order valence-corrected chi connectivity index (χ2v) is 9.60. The fourth-order valence-corrected chi connectivity index (χ4v) is 4.76. The van der Waals surface area contributed by atoms with Gasteiger partial charge in [-0.3, -0.25) is 10.0 Å². The molecule has 3 rings (SSSR count). The van der Waals surface area contributed by atoms with Crippen LogP contribution in [0.1, 0.15) is 0 Å². The molecule has 3 amide bonds. The van der Waals surface area contributed by atoms with Crippen molar-refractivity contribution in [1.82, 2.24) is 19.6 Å². The molecule has 11 nitrogen and oxygen atoms in total. The van der Waals surface area contributed by atoms with Gasteiger partial charge >= 0.3 is 6.03 Å². The Morgan fingerprint density at radius 1 is 1.08 bits per heavy atom. The number of amides is 3. The molecule has 1 heterocycles. The van der Waals surface area contributed by atoms with Crippen LogP contribution in [0, 0.1) is 5.82 Å². The maximum Gasteiger partial charge on any atom is 0.324 e. The lowest BCUT2D eigenvalue weighted by Gasteiger charge is -2.32. The molecule has 0 radical (unpaired) electrons. The summed E-state index contributed by atoms with van der Waals surface area (Å²) in [5.41, 5.74) is 1.42. The van der Waals surface area contributed by atoms with Crippen LogP contribution in [0.25, 0.3) is 0 Å². The van der Waals surface area contributed by atoms with E-state index in [0.29, 0.717) is 37.8 Å². The van der Waals surface area contributed by atoms with E-state index < -0.39 is 28.3 Å². The summed E-state index contributed by atoms with van der Waals surface area (Å²) in [5, 5.41) is 8.94. The zero-order chi connectivity index (χ0) is 26.1. The molecule has 0 aliphatic carbocycles. The average Bonchev–Trinajstić information content (AvgIpc) is 2.90. The molecule has 0 bridgehead atoms. The number of morpholine rings is 1. The lowest BCUT2D eigenvalue weighted by atomic mass is 10.3. The highest BCUT2D eigenvalue weighted by atomic mass is 32.2. The third kappa shape index (κ3) is 7.01. The van der Waals surface area contributed by atoms with Crippen LogP contribution >= 0.6 is 0 Å². The number of ether oxygens (including phenoxy) is 2. The molecule has 1 saturated heterocycles. The Hall–Kier alpha value is -3.52. The Bertz CT molecular complexity index is 1150. The number of carbonyl (C=O) groups excluding carboxylic acids is 2. The van der Waals surface area contributed by atoms with Crippen molar-refractivity contribution in [3.05, 3.63) is 67.1 Å². The first-order valence-electron chi connectivity index (χ1n) is 11.0. The van der Waals surface area contributed by atoms with Gasteiger partial charge in [0.05, 0.1) is 24.7 Å². The third-order valence-electron chi connectivity index (χ3n) is 5.29. The number of urea groups is 1. The van der Waals surface area contributed by atoms with Crippen LogP contribution in [-0.4, -0.2) is 85.6 Å². The van der Waals surface area contributed by atoms with Gasteiger partial charge in [0, 0.05) is 32.4 Å². The first-order valence-corrected chi connectivity index (χ1v) is 12.4. The molecule has 2 N–H and O–H groups in total. The molecule has 1 aliphatic heterocycles. The summed E-state index contributed by atoms with van der Waals surface area (Å²) in [4.78, 5) is 27.3. The molecule has 1 aliphatic rings. The van der Waals surface area contributed by atoms with E-state index in [0.717, 1.165) is 4.31 Å². The van der Waals surface area contributed by atoms with Crippen LogP contribution in [-0.2, 0) is 19.6 Å². The van der Waals surface area contributed by atoms with E-state index in [1.165, 1.54) is 65.1 Å². The van der Waals surface area contributed by atoms with Gasteiger partial charge in [-0.25, -0.2) is 23.1 Å². The van der Waals surface area contributed by atoms with Crippen molar-refractivity contribution >= 4 is 22.0 Å². The number of carbonyl (C=O) groups is 2. The van der Waals surface area contributed by atoms with E-state index in [2.05, 4.69) is 6.58 Å². The Morgan fingerprint density at radius 2 is 1.67 bits per heavy atom. The minimum atomic E-state index is -4.21. The van der Waals surface area contributed by atoms with Crippen LogP contribution in [0.2, 0.25) is 0 Å². The van der Waals surface area contributed by atoms with Gasteiger partial charge in [-0.1, -0.05) is 6.58 Å². The maximum atomic E-state index is 13.3. The summed E-state index contributed by atoms with van der Waals surface area (Å²) in [6.07, 6.45) is 1.29. The van der Waals surface area contributed by atoms with Crippen LogP contribution in [0.5, 0.6) is 11.5 Å². The van der Waals surface area contributed by atoms with Gasteiger partial charge in [0.1, 0.15) is 17.3 Å². The summed E-state index contributed by atoms with van der Waals surface area (Å²) in [6.45, 7) is 4.21. The molecule has 0 aromatic heterocycles. The van der Waals surface area contributed by atoms with Gasteiger partial charge in [0.25, 0.3) is 5.91 Å². The molecule has 1 fully saturated rings. The van der Waals surface area contributed by atoms with E-state index in [-0.39, 0.29) is 24.0 Å². The normalized spacial score (nSPS) is 13.8. The summed E-state index contributed by atoms with van der Waals surface area (Å²) in [5.74, 6) is -0.686. The molecule has 0 unspecified atom stereocenters. The first kappa shape index (κ1) is 27.1. The largest absolute Gasteiger partial charge is 0.457 e. The lowest BCUT2D eigenvalue weighted by molar-refractivity contribution is -0.129. The highest BCUT2D eigenvalue weighted by Gasteiger charge is 2.29. The zero-order valence-corrected chi connectivity index (χ0v) is 20.2. The average molecular weight is 523 g/mol. The number of hydroxylamine groups is 1. The van der Waals surface area contributed by atoms with E-state index in [1.54, 1.807) is 4.90 Å². The lowest BCUT2D eigenvalue weighted by Crippen LogP contribution is -2.49. The van der Waals surface area contributed by atoms with E-state index in [1.807, 2.05) is 0 Å². The van der Waals surface area contributed by atoms with Gasteiger partial charge in [0.15, 0.2) is 0 Å². The van der Waals surface area contributed by atoms with E-state index >= 15 is 0 Å². The van der Waals surface area contributed by atoms with Gasteiger partial charge in [0.2, 0.25) is 10.0 Å². The highest BCUT2D eigenvalue weighted by Crippen LogP contribution is 2.24.